The maximum atomic E-state index is 12.2. The number of anilines is 1. The fraction of sp³-hybridized carbons (Fsp3) is 0.417. The minimum Gasteiger partial charge on any atom is -0.478 e. The summed E-state index contributed by atoms with van der Waals surface area (Å²) in [5.41, 5.74) is 5.33. The summed E-state index contributed by atoms with van der Waals surface area (Å²) in [7, 11) is -1.15. The molecule has 0 aliphatic carbocycles. The van der Waals surface area contributed by atoms with Crippen molar-refractivity contribution in [3.05, 3.63) is 23.8 Å². The normalized spacial score (nSPS) is 13.0. The third-order valence-electron chi connectivity index (χ3n) is 2.71. The Morgan fingerprint density at radius 1 is 1.43 bits per heavy atom. The molecule has 9 heteroatoms. The molecule has 4 N–H and O–H groups in total. The molecule has 118 valence electrons. The van der Waals surface area contributed by atoms with E-state index < -0.39 is 22.1 Å². The Kier molecular flexibility index (Phi) is 6.09. The number of nitrogen functional groups attached to an aromatic ring is 1. The van der Waals surface area contributed by atoms with Gasteiger partial charge in [-0.3, -0.25) is 0 Å². The van der Waals surface area contributed by atoms with E-state index in [9.17, 15) is 13.2 Å². The largest absolute Gasteiger partial charge is 0.478 e. The predicted molar refractivity (Wildman–Crippen MR) is 75.7 cm³/mol. The predicted octanol–water partition coefficient (Wildman–Crippen LogP) is -0.0933. The number of hydrogen-bond donors (Lipinski definition) is 3. The van der Waals surface area contributed by atoms with E-state index in [0.717, 1.165) is 12.1 Å². The number of benzene rings is 1. The van der Waals surface area contributed by atoms with E-state index >= 15 is 0 Å². The number of nitrogens with one attached hydrogen (secondary N) is 1. The first kappa shape index (κ1) is 17.4. The van der Waals surface area contributed by atoms with Crippen molar-refractivity contribution in [3.8, 4) is 0 Å². The summed E-state index contributed by atoms with van der Waals surface area (Å²) >= 11 is 0. The SMILES string of the molecule is COCC(CNS(=O)(=O)c1cc(N)ccc1C(=O)O)OC. The molecular weight excluding hydrogens is 300 g/mol. The van der Waals surface area contributed by atoms with Gasteiger partial charge in [-0.15, -0.1) is 0 Å². The lowest BCUT2D eigenvalue weighted by Gasteiger charge is -2.16. The van der Waals surface area contributed by atoms with Gasteiger partial charge in [0, 0.05) is 26.5 Å². The third kappa shape index (κ3) is 4.67. The van der Waals surface area contributed by atoms with E-state index in [4.69, 9.17) is 20.3 Å². The van der Waals surface area contributed by atoms with Crippen LogP contribution in [0.3, 0.4) is 0 Å². The van der Waals surface area contributed by atoms with E-state index in [2.05, 4.69) is 4.72 Å². The average Bonchev–Trinajstić information content (AvgIpc) is 2.43. The number of aromatic carboxylic acids is 1. The standard InChI is InChI=1S/C12H18N2O6S/c1-19-7-9(20-2)6-14-21(17,18)11-5-8(13)3-4-10(11)12(15)16/h3-5,9,14H,6-7,13H2,1-2H3,(H,15,16). The third-order valence-corrected chi connectivity index (χ3v) is 4.18. The molecule has 1 aromatic rings. The summed E-state index contributed by atoms with van der Waals surface area (Å²) in [5.74, 6) is -1.35. The van der Waals surface area contributed by atoms with Gasteiger partial charge in [-0.2, -0.15) is 0 Å². The molecule has 1 unspecified atom stereocenters. The summed E-state index contributed by atoms with van der Waals surface area (Å²) < 4.78 is 36.6. The van der Waals surface area contributed by atoms with Crippen LogP contribution in [-0.4, -0.2) is 53.0 Å². The number of carboxylic acid groups (broad SMARTS) is 1. The number of rotatable bonds is 8. The molecule has 1 rings (SSSR count). The lowest BCUT2D eigenvalue weighted by atomic mass is 10.2. The van der Waals surface area contributed by atoms with Gasteiger partial charge in [-0.25, -0.2) is 17.9 Å². The van der Waals surface area contributed by atoms with Gasteiger partial charge in [0.1, 0.15) is 0 Å². The fourth-order valence-electron chi connectivity index (χ4n) is 1.61. The van der Waals surface area contributed by atoms with Crippen LogP contribution in [-0.2, 0) is 19.5 Å². The van der Waals surface area contributed by atoms with Crippen LogP contribution >= 0.6 is 0 Å². The van der Waals surface area contributed by atoms with Gasteiger partial charge >= 0.3 is 5.97 Å². The number of methoxy groups -OCH3 is 2. The monoisotopic (exact) mass is 318 g/mol. The second kappa shape index (κ2) is 7.36. The number of sulfonamides is 1. The summed E-state index contributed by atoms with van der Waals surface area (Å²) in [6.07, 6.45) is -0.487. The van der Waals surface area contributed by atoms with E-state index in [1.165, 1.54) is 20.3 Å². The lowest BCUT2D eigenvalue weighted by molar-refractivity contribution is 0.0320. The van der Waals surface area contributed by atoms with Gasteiger partial charge in [0.2, 0.25) is 10.0 Å². The van der Waals surface area contributed by atoms with Crippen molar-refractivity contribution in [1.82, 2.24) is 4.72 Å². The van der Waals surface area contributed by atoms with Crippen LogP contribution in [0.4, 0.5) is 5.69 Å². The minimum absolute atomic E-state index is 0.0550. The highest BCUT2D eigenvalue weighted by molar-refractivity contribution is 7.89. The molecular formula is C12H18N2O6S. The van der Waals surface area contributed by atoms with Crippen LogP contribution in [0, 0.1) is 0 Å². The molecule has 1 atom stereocenters. The first-order chi connectivity index (χ1) is 9.81. The number of carboxylic acids is 1. The van der Waals surface area contributed by atoms with E-state index in [1.54, 1.807) is 0 Å². The zero-order valence-electron chi connectivity index (χ0n) is 11.7. The molecule has 0 aromatic heterocycles. The Balaban J connectivity index is 3.02. The summed E-state index contributed by atoms with van der Waals surface area (Å²) in [6.45, 7) is 0.141. The van der Waals surface area contributed by atoms with Gasteiger partial charge < -0.3 is 20.3 Å². The van der Waals surface area contributed by atoms with Crippen molar-refractivity contribution >= 4 is 21.7 Å². The lowest BCUT2D eigenvalue weighted by Crippen LogP contribution is -2.36. The topological polar surface area (TPSA) is 128 Å². The van der Waals surface area contributed by atoms with Crippen LogP contribution in [0.5, 0.6) is 0 Å². The first-order valence-corrected chi connectivity index (χ1v) is 7.44. The molecule has 0 spiro atoms. The maximum Gasteiger partial charge on any atom is 0.337 e. The second-order valence-corrected chi connectivity index (χ2v) is 5.96. The Morgan fingerprint density at radius 2 is 2.10 bits per heavy atom. The molecule has 0 aliphatic rings. The van der Waals surface area contributed by atoms with Crippen LogP contribution in [0.15, 0.2) is 23.1 Å². The molecule has 0 aliphatic heterocycles. The molecule has 0 radical (unpaired) electrons. The van der Waals surface area contributed by atoms with Crippen LogP contribution in [0.25, 0.3) is 0 Å². The minimum atomic E-state index is -4.03. The second-order valence-electron chi connectivity index (χ2n) is 4.23. The van der Waals surface area contributed by atoms with Gasteiger partial charge in [0.15, 0.2) is 0 Å². The van der Waals surface area contributed by atoms with Crippen molar-refractivity contribution in [2.45, 2.75) is 11.0 Å². The van der Waals surface area contributed by atoms with Gasteiger partial charge in [-0.1, -0.05) is 0 Å². The molecule has 21 heavy (non-hydrogen) atoms. The molecule has 1 aromatic carbocycles. The molecule has 0 amide bonds. The van der Waals surface area contributed by atoms with Gasteiger partial charge in [0.05, 0.1) is 23.2 Å². The summed E-state index contributed by atoms with van der Waals surface area (Å²) in [5, 5.41) is 9.05. The quantitative estimate of drug-likeness (QED) is 0.571. The van der Waals surface area contributed by atoms with Gasteiger partial charge in [-0.05, 0) is 18.2 Å². The Morgan fingerprint density at radius 3 is 2.62 bits per heavy atom. The smallest absolute Gasteiger partial charge is 0.337 e. The zero-order chi connectivity index (χ0) is 16.0. The van der Waals surface area contributed by atoms with Crippen molar-refractivity contribution < 1.29 is 27.8 Å². The highest BCUT2D eigenvalue weighted by Gasteiger charge is 2.23. The number of carbonyl (C=O) groups is 1. The first-order valence-electron chi connectivity index (χ1n) is 5.96. The number of nitrogens with two attached hydrogens (primary N) is 1. The van der Waals surface area contributed by atoms with Crippen molar-refractivity contribution in [1.29, 1.82) is 0 Å². The Hall–Kier alpha value is -1.68. The summed E-state index contributed by atoms with van der Waals surface area (Å²) in [6, 6.07) is 3.57. The molecule has 0 bridgehead atoms. The highest BCUT2D eigenvalue weighted by Crippen LogP contribution is 2.19. The maximum absolute atomic E-state index is 12.2. The van der Waals surface area contributed by atoms with Crippen molar-refractivity contribution in [2.75, 3.05) is 33.1 Å². The average molecular weight is 318 g/mol. The van der Waals surface area contributed by atoms with Crippen LogP contribution < -0.4 is 10.5 Å². The summed E-state index contributed by atoms with van der Waals surface area (Å²) in [4.78, 5) is 10.7. The fourth-order valence-corrected chi connectivity index (χ4v) is 2.91. The van der Waals surface area contributed by atoms with Crippen molar-refractivity contribution in [2.24, 2.45) is 0 Å². The van der Waals surface area contributed by atoms with Crippen molar-refractivity contribution in [3.63, 3.8) is 0 Å². The molecule has 0 saturated carbocycles. The van der Waals surface area contributed by atoms with Crippen LogP contribution in [0.2, 0.25) is 0 Å². The number of ether oxygens (including phenoxy) is 2. The van der Waals surface area contributed by atoms with Gasteiger partial charge in [0.25, 0.3) is 0 Å². The molecule has 0 fully saturated rings. The Labute approximate surface area is 122 Å². The Bertz CT molecular complexity index is 602. The number of hydrogen-bond acceptors (Lipinski definition) is 6. The molecule has 8 nitrogen and oxygen atoms in total. The van der Waals surface area contributed by atoms with E-state index in [0.29, 0.717) is 0 Å². The zero-order valence-corrected chi connectivity index (χ0v) is 12.5. The molecule has 0 saturated heterocycles. The van der Waals surface area contributed by atoms with Crippen LogP contribution in [0.1, 0.15) is 10.4 Å². The van der Waals surface area contributed by atoms with E-state index in [-0.39, 0.29) is 29.3 Å². The van der Waals surface area contributed by atoms with E-state index in [1.807, 2.05) is 0 Å². The highest BCUT2D eigenvalue weighted by atomic mass is 32.2. The molecule has 0 heterocycles.